The summed E-state index contributed by atoms with van der Waals surface area (Å²) in [5.74, 6) is 0.111. The molecule has 96 valence electrons. The maximum atomic E-state index is 11.4. The molecule has 0 bridgehead atoms. The van der Waals surface area contributed by atoms with Gasteiger partial charge in [0.05, 0.1) is 4.92 Å². The van der Waals surface area contributed by atoms with Gasteiger partial charge in [0.25, 0.3) is 5.69 Å². The molecule has 1 aliphatic heterocycles. The normalized spacial score (nSPS) is 20.0. The Kier molecular flexibility index (Phi) is 3.92. The minimum atomic E-state index is -0.406. The van der Waals surface area contributed by atoms with E-state index in [0.29, 0.717) is 6.42 Å². The first-order chi connectivity index (χ1) is 8.65. The number of carbonyl (C=O) groups excluding carboxylic acids is 1. The minimum absolute atomic E-state index is 0.101. The number of carbonyl (C=O) groups is 1. The summed E-state index contributed by atoms with van der Waals surface area (Å²) < 4.78 is 0. The van der Waals surface area contributed by atoms with Gasteiger partial charge in [0.15, 0.2) is 0 Å². The zero-order valence-corrected chi connectivity index (χ0v) is 10.1. The molecule has 1 atom stereocenters. The molecule has 5 nitrogen and oxygen atoms in total. The van der Waals surface area contributed by atoms with Gasteiger partial charge in [-0.3, -0.25) is 14.9 Å². The summed E-state index contributed by atoms with van der Waals surface area (Å²) in [6.45, 7) is 0. The fourth-order valence-electron chi connectivity index (χ4n) is 2.24. The topological polar surface area (TPSA) is 72.2 Å². The first-order valence-corrected chi connectivity index (χ1v) is 6.18. The Balaban J connectivity index is 1.99. The molecule has 5 heteroatoms. The van der Waals surface area contributed by atoms with Crippen molar-refractivity contribution in [2.24, 2.45) is 0 Å². The molecule has 0 aliphatic carbocycles. The molecule has 1 saturated heterocycles. The average molecular weight is 248 g/mol. The van der Waals surface area contributed by atoms with Crippen molar-refractivity contribution in [2.45, 2.75) is 38.1 Å². The molecule has 0 unspecified atom stereocenters. The summed E-state index contributed by atoms with van der Waals surface area (Å²) in [5, 5.41) is 13.5. The highest BCUT2D eigenvalue weighted by molar-refractivity contribution is 5.76. The standard InChI is InChI=1S/C13H16N2O3/c16-13-4-2-1-3-11(14-13)9-10-5-7-12(8-6-10)15(17)18/h5-8,11H,1-4,9H2,(H,14,16)/t11-/m1/s1. The van der Waals surface area contributed by atoms with Gasteiger partial charge in [-0.25, -0.2) is 0 Å². The number of nitrogens with one attached hydrogen (secondary N) is 1. The second kappa shape index (κ2) is 5.62. The van der Waals surface area contributed by atoms with Crippen LogP contribution >= 0.6 is 0 Å². The molecule has 1 fully saturated rings. The van der Waals surface area contributed by atoms with Crippen LogP contribution in [0.1, 0.15) is 31.2 Å². The maximum Gasteiger partial charge on any atom is 0.269 e. The van der Waals surface area contributed by atoms with E-state index in [4.69, 9.17) is 0 Å². The molecule has 1 aromatic carbocycles. The lowest BCUT2D eigenvalue weighted by atomic mass is 10.0. The van der Waals surface area contributed by atoms with Crippen molar-refractivity contribution < 1.29 is 9.72 Å². The van der Waals surface area contributed by atoms with E-state index in [0.717, 1.165) is 31.2 Å². The number of non-ortho nitro benzene ring substituents is 1. The van der Waals surface area contributed by atoms with Gasteiger partial charge in [0.1, 0.15) is 0 Å². The van der Waals surface area contributed by atoms with Crippen LogP contribution in [0.15, 0.2) is 24.3 Å². The predicted molar refractivity (Wildman–Crippen MR) is 67.2 cm³/mol. The second-order valence-electron chi connectivity index (χ2n) is 4.64. The van der Waals surface area contributed by atoms with Gasteiger partial charge in [0, 0.05) is 24.6 Å². The zero-order valence-electron chi connectivity index (χ0n) is 10.1. The lowest BCUT2D eigenvalue weighted by Crippen LogP contribution is -2.34. The van der Waals surface area contributed by atoms with Crippen LogP contribution in [0.2, 0.25) is 0 Å². The third-order valence-electron chi connectivity index (χ3n) is 3.20. The van der Waals surface area contributed by atoms with Crippen LogP contribution in [0, 0.1) is 10.1 Å². The molecule has 1 aromatic rings. The summed E-state index contributed by atoms with van der Waals surface area (Å²) in [7, 11) is 0. The maximum absolute atomic E-state index is 11.4. The van der Waals surface area contributed by atoms with Crippen LogP contribution in [0.3, 0.4) is 0 Å². The van der Waals surface area contributed by atoms with E-state index in [1.165, 1.54) is 12.1 Å². The summed E-state index contributed by atoms with van der Waals surface area (Å²) >= 11 is 0. The van der Waals surface area contributed by atoms with Crippen molar-refractivity contribution in [2.75, 3.05) is 0 Å². The Labute approximate surface area is 105 Å². The number of nitro benzene ring substituents is 1. The predicted octanol–water partition coefficient (Wildman–Crippen LogP) is 2.20. The summed E-state index contributed by atoms with van der Waals surface area (Å²) in [5.41, 5.74) is 1.12. The van der Waals surface area contributed by atoms with Crippen molar-refractivity contribution >= 4 is 11.6 Å². The number of hydrogen-bond acceptors (Lipinski definition) is 3. The molecule has 0 radical (unpaired) electrons. The molecular weight excluding hydrogens is 232 g/mol. The Morgan fingerprint density at radius 1 is 1.28 bits per heavy atom. The SMILES string of the molecule is O=C1CCCC[C@H](Cc2ccc([N+](=O)[O-])cc2)N1. The Morgan fingerprint density at radius 2 is 2.00 bits per heavy atom. The molecular formula is C13H16N2O3. The van der Waals surface area contributed by atoms with E-state index in [9.17, 15) is 14.9 Å². The van der Waals surface area contributed by atoms with Gasteiger partial charge >= 0.3 is 0 Å². The number of amides is 1. The Bertz CT molecular complexity index is 442. The number of hydrogen-bond donors (Lipinski definition) is 1. The van der Waals surface area contributed by atoms with E-state index >= 15 is 0 Å². The Morgan fingerprint density at radius 3 is 2.67 bits per heavy atom. The van der Waals surface area contributed by atoms with Crippen molar-refractivity contribution in [3.8, 4) is 0 Å². The van der Waals surface area contributed by atoms with Crippen LogP contribution < -0.4 is 5.32 Å². The number of nitro groups is 1. The lowest BCUT2D eigenvalue weighted by Gasteiger charge is -2.15. The third kappa shape index (κ3) is 3.29. The summed E-state index contributed by atoms with van der Waals surface area (Å²) in [6, 6.07) is 6.69. The van der Waals surface area contributed by atoms with Gasteiger partial charge in [0.2, 0.25) is 5.91 Å². The van der Waals surface area contributed by atoms with E-state index in [1.54, 1.807) is 12.1 Å². The van der Waals surface area contributed by atoms with Gasteiger partial charge in [-0.05, 0) is 24.8 Å². The first-order valence-electron chi connectivity index (χ1n) is 6.18. The molecule has 18 heavy (non-hydrogen) atoms. The molecule has 2 rings (SSSR count). The molecule has 1 aliphatic rings. The van der Waals surface area contributed by atoms with Gasteiger partial charge in [-0.1, -0.05) is 18.6 Å². The van der Waals surface area contributed by atoms with Crippen molar-refractivity contribution in [1.82, 2.24) is 5.32 Å². The molecule has 1 N–H and O–H groups in total. The molecule has 0 spiro atoms. The smallest absolute Gasteiger partial charge is 0.269 e. The average Bonchev–Trinajstić information content (AvgIpc) is 2.54. The van der Waals surface area contributed by atoms with Crippen molar-refractivity contribution in [3.63, 3.8) is 0 Å². The van der Waals surface area contributed by atoms with Gasteiger partial charge in [-0.2, -0.15) is 0 Å². The molecule has 1 amide bonds. The highest BCUT2D eigenvalue weighted by Gasteiger charge is 2.16. The van der Waals surface area contributed by atoms with Crippen LogP contribution in [0.25, 0.3) is 0 Å². The van der Waals surface area contributed by atoms with Crippen molar-refractivity contribution in [1.29, 1.82) is 0 Å². The molecule has 0 aromatic heterocycles. The second-order valence-corrected chi connectivity index (χ2v) is 4.64. The number of nitrogens with zero attached hydrogens (tertiary/aromatic N) is 1. The fraction of sp³-hybridized carbons (Fsp3) is 0.462. The van der Waals surface area contributed by atoms with Crippen LogP contribution in [0.4, 0.5) is 5.69 Å². The van der Waals surface area contributed by atoms with Gasteiger partial charge in [-0.15, -0.1) is 0 Å². The van der Waals surface area contributed by atoms with E-state index in [1.807, 2.05) is 0 Å². The van der Waals surface area contributed by atoms with Crippen LogP contribution in [-0.2, 0) is 11.2 Å². The van der Waals surface area contributed by atoms with E-state index in [-0.39, 0.29) is 17.6 Å². The Hall–Kier alpha value is -1.91. The van der Waals surface area contributed by atoms with Crippen LogP contribution in [-0.4, -0.2) is 16.9 Å². The first kappa shape index (κ1) is 12.5. The van der Waals surface area contributed by atoms with Gasteiger partial charge < -0.3 is 5.32 Å². The third-order valence-corrected chi connectivity index (χ3v) is 3.20. The highest BCUT2D eigenvalue weighted by Crippen LogP contribution is 2.16. The monoisotopic (exact) mass is 248 g/mol. The number of rotatable bonds is 3. The molecule has 1 heterocycles. The fourth-order valence-corrected chi connectivity index (χ4v) is 2.24. The minimum Gasteiger partial charge on any atom is -0.353 e. The lowest BCUT2D eigenvalue weighted by molar-refractivity contribution is -0.384. The largest absolute Gasteiger partial charge is 0.353 e. The summed E-state index contributed by atoms with van der Waals surface area (Å²) in [6.07, 6.45) is 4.32. The van der Waals surface area contributed by atoms with E-state index in [2.05, 4.69) is 5.32 Å². The van der Waals surface area contributed by atoms with E-state index < -0.39 is 4.92 Å². The highest BCUT2D eigenvalue weighted by atomic mass is 16.6. The molecule has 0 saturated carbocycles. The van der Waals surface area contributed by atoms with Crippen LogP contribution in [0.5, 0.6) is 0 Å². The zero-order chi connectivity index (χ0) is 13.0. The number of benzene rings is 1. The quantitative estimate of drug-likeness (QED) is 0.658. The summed E-state index contributed by atoms with van der Waals surface area (Å²) in [4.78, 5) is 21.6. The van der Waals surface area contributed by atoms with Crippen molar-refractivity contribution in [3.05, 3.63) is 39.9 Å².